The van der Waals surface area contributed by atoms with Crippen LogP contribution in [0.4, 0.5) is 8.78 Å². The number of amidine groups is 1. The van der Waals surface area contributed by atoms with Gasteiger partial charge in [-0.25, -0.2) is 4.99 Å². The molecule has 19 heavy (non-hydrogen) atoms. The Morgan fingerprint density at radius 3 is 2.74 bits per heavy atom. The molecule has 0 saturated heterocycles. The smallest absolute Gasteiger partial charge is 0.387 e. The number of benzene rings is 1. The summed E-state index contributed by atoms with van der Waals surface area (Å²) in [6.07, 6.45) is 3.49. The highest BCUT2D eigenvalue weighted by Crippen LogP contribution is 2.18. The molecule has 0 atom stereocenters. The van der Waals surface area contributed by atoms with E-state index in [4.69, 9.17) is 0 Å². The van der Waals surface area contributed by atoms with Gasteiger partial charge in [0.15, 0.2) is 5.17 Å². The molecule has 102 valence electrons. The predicted molar refractivity (Wildman–Crippen MR) is 72.9 cm³/mol. The first-order chi connectivity index (χ1) is 9.19. The number of aliphatic imine (C=N–C) groups is 2. The Bertz CT molecular complexity index is 476. The lowest BCUT2D eigenvalue weighted by Crippen LogP contribution is -2.30. The molecule has 0 radical (unpaired) electrons. The molecule has 7 heteroatoms. The standard InChI is InChI=1S/C12H13F2N3OS/c1-19-12-16-7-15-8-17(12)6-9-2-4-10(5-3-9)18-11(13)14/h2-5,7,11H,6,8H2,1H3. The fraction of sp³-hybridized carbons (Fsp3) is 0.333. The van der Waals surface area contributed by atoms with Gasteiger partial charge in [-0.2, -0.15) is 8.78 Å². The van der Waals surface area contributed by atoms with Gasteiger partial charge in [-0.3, -0.25) is 4.99 Å². The second kappa shape index (κ2) is 6.51. The number of halogens is 2. The van der Waals surface area contributed by atoms with E-state index in [0.717, 1.165) is 10.7 Å². The lowest BCUT2D eigenvalue weighted by Gasteiger charge is -2.24. The molecule has 0 N–H and O–H groups in total. The first-order valence-corrected chi connectivity index (χ1v) is 6.80. The van der Waals surface area contributed by atoms with Crippen LogP contribution in [-0.2, 0) is 6.54 Å². The molecule has 0 aromatic heterocycles. The van der Waals surface area contributed by atoms with E-state index in [1.807, 2.05) is 11.2 Å². The zero-order valence-electron chi connectivity index (χ0n) is 10.3. The van der Waals surface area contributed by atoms with Gasteiger partial charge in [0.2, 0.25) is 0 Å². The Morgan fingerprint density at radius 1 is 1.37 bits per heavy atom. The molecule has 2 rings (SSSR count). The van der Waals surface area contributed by atoms with Crippen molar-refractivity contribution in [1.82, 2.24) is 4.90 Å². The van der Waals surface area contributed by atoms with Crippen LogP contribution in [-0.4, -0.2) is 35.9 Å². The number of rotatable bonds is 4. The molecule has 0 bridgehead atoms. The van der Waals surface area contributed by atoms with Crippen LogP contribution in [0.25, 0.3) is 0 Å². The van der Waals surface area contributed by atoms with E-state index in [-0.39, 0.29) is 5.75 Å². The van der Waals surface area contributed by atoms with Crippen molar-refractivity contribution in [2.24, 2.45) is 9.98 Å². The van der Waals surface area contributed by atoms with Gasteiger partial charge < -0.3 is 9.64 Å². The van der Waals surface area contributed by atoms with Gasteiger partial charge in [0.1, 0.15) is 18.8 Å². The zero-order chi connectivity index (χ0) is 13.7. The zero-order valence-corrected chi connectivity index (χ0v) is 11.1. The molecule has 0 spiro atoms. The highest BCUT2D eigenvalue weighted by atomic mass is 32.2. The molecule has 1 aliphatic rings. The van der Waals surface area contributed by atoms with Gasteiger partial charge in [0, 0.05) is 6.54 Å². The summed E-state index contributed by atoms with van der Waals surface area (Å²) in [5, 5.41) is 0.892. The van der Waals surface area contributed by atoms with Gasteiger partial charge >= 0.3 is 6.61 Å². The molecule has 1 aromatic rings. The summed E-state index contributed by atoms with van der Waals surface area (Å²) in [5.41, 5.74) is 0.987. The van der Waals surface area contributed by atoms with Crippen molar-refractivity contribution in [3.63, 3.8) is 0 Å². The van der Waals surface area contributed by atoms with Crippen LogP contribution < -0.4 is 4.74 Å². The van der Waals surface area contributed by atoms with Crippen LogP contribution in [0.1, 0.15) is 5.56 Å². The average Bonchev–Trinajstić information content (AvgIpc) is 2.41. The van der Waals surface area contributed by atoms with Gasteiger partial charge in [0.05, 0.1) is 0 Å². The Balaban J connectivity index is 1.99. The third-order valence-corrected chi connectivity index (χ3v) is 3.21. The highest BCUT2D eigenvalue weighted by molar-refractivity contribution is 8.13. The molecular weight excluding hydrogens is 272 g/mol. The average molecular weight is 285 g/mol. The summed E-state index contributed by atoms with van der Waals surface area (Å²) in [7, 11) is 0. The van der Waals surface area contributed by atoms with Crippen LogP contribution in [0, 0.1) is 0 Å². The quantitative estimate of drug-likeness (QED) is 0.853. The number of hydrogen-bond acceptors (Lipinski definition) is 5. The second-order valence-corrected chi connectivity index (χ2v) is 4.55. The number of nitrogens with zero attached hydrogens (tertiary/aromatic N) is 3. The predicted octanol–water partition coefficient (Wildman–Crippen LogP) is 2.81. The fourth-order valence-electron chi connectivity index (χ4n) is 1.66. The van der Waals surface area contributed by atoms with Crippen molar-refractivity contribution < 1.29 is 13.5 Å². The van der Waals surface area contributed by atoms with E-state index in [1.54, 1.807) is 30.2 Å². The van der Waals surface area contributed by atoms with Crippen LogP contribution >= 0.6 is 11.8 Å². The number of alkyl halides is 2. The SMILES string of the molecule is CSC1=NC=NCN1Cc1ccc(OC(F)F)cc1. The van der Waals surface area contributed by atoms with Crippen LogP contribution in [0.3, 0.4) is 0 Å². The maximum Gasteiger partial charge on any atom is 0.387 e. The molecule has 1 aromatic carbocycles. The minimum atomic E-state index is -2.79. The number of ether oxygens (including phenoxy) is 1. The van der Waals surface area contributed by atoms with E-state index < -0.39 is 6.61 Å². The lowest BCUT2D eigenvalue weighted by molar-refractivity contribution is -0.0498. The summed E-state index contributed by atoms with van der Waals surface area (Å²) in [4.78, 5) is 10.3. The molecule has 0 fully saturated rings. The Morgan fingerprint density at radius 2 is 2.11 bits per heavy atom. The monoisotopic (exact) mass is 285 g/mol. The molecule has 0 aliphatic carbocycles. The summed E-state index contributed by atoms with van der Waals surface area (Å²) >= 11 is 1.55. The van der Waals surface area contributed by atoms with Gasteiger partial charge in [-0.05, 0) is 24.0 Å². The second-order valence-electron chi connectivity index (χ2n) is 3.78. The van der Waals surface area contributed by atoms with E-state index >= 15 is 0 Å². The summed E-state index contributed by atoms with van der Waals surface area (Å²) in [6, 6.07) is 6.58. The Labute approximate surface area is 114 Å². The molecule has 0 saturated carbocycles. The van der Waals surface area contributed by atoms with E-state index in [1.165, 1.54) is 12.1 Å². The summed E-state index contributed by atoms with van der Waals surface area (Å²) < 4.78 is 28.4. The van der Waals surface area contributed by atoms with Crippen LogP contribution in [0.5, 0.6) is 5.75 Å². The Hall–Kier alpha value is -1.63. The molecule has 0 amide bonds. The van der Waals surface area contributed by atoms with Gasteiger partial charge in [0.25, 0.3) is 0 Å². The van der Waals surface area contributed by atoms with E-state index in [0.29, 0.717) is 13.2 Å². The first-order valence-electron chi connectivity index (χ1n) is 5.58. The van der Waals surface area contributed by atoms with E-state index in [2.05, 4.69) is 14.7 Å². The molecule has 1 aliphatic heterocycles. The minimum absolute atomic E-state index is 0.161. The highest BCUT2D eigenvalue weighted by Gasteiger charge is 2.13. The minimum Gasteiger partial charge on any atom is -0.435 e. The molecule has 0 unspecified atom stereocenters. The topological polar surface area (TPSA) is 37.2 Å². The van der Waals surface area contributed by atoms with Crippen molar-refractivity contribution in [3.05, 3.63) is 29.8 Å². The fourth-order valence-corrected chi connectivity index (χ4v) is 2.20. The molecule has 4 nitrogen and oxygen atoms in total. The number of thioether (sulfide) groups is 1. The van der Waals surface area contributed by atoms with Crippen LogP contribution in [0.15, 0.2) is 34.3 Å². The van der Waals surface area contributed by atoms with Gasteiger partial charge in [-0.1, -0.05) is 23.9 Å². The lowest BCUT2D eigenvalue weighted by atomic mass is 10.2. The normalized spacial score (nSPS) is 14.7. The van der Waals surface area contributed by atoms with Crippen molar-refractivity contribution in [2.75, 3.05) is 12.9 Å². The number of hydrogen-bond donors (Lipinski definition) is 0. The van der Waals surface area contributed by atoms with Crippen molar-refractivity contribution >= 4 is 23.3 Å². The van der Waals surface area contributed by atoms with Crippen molar-refractivity contribution in [1.29, 1.82) is 0 Å². The van der Waals surface area contributed by atoms with Crippen molar-refractivity contribution in [3.8, 4) is 5.75 Å². The summed E-state index contributed by atoms with van der Waals surface area (Å²) in [6.45, 7) is -1.61. The molecular formula is C12H13F2N3OS. The Kier molecular flexibility index (Phi) is 4.73. The first kappa shape index (κ1) is 13.8. The third-order valence-electron chi connectivity index (χ3n) is 2.48. The largest absolute Gasteiger partial charge is 0.435 e. The van der Waals surface area contributed by atoms with E-state index in [9.17, 15) is 8.78 Å². The molecule has 1 heterocycles. The van der Waals surface area contributed by atoms with Crippen LogP contribution in [0.2, 0.25) is 0 Å². The summed E-state index contributed by atoms with van der Waals surface area (Å²) in [5.74, 6) is 0.161. The third kappa shape index (κ3) is 3.92. The maximum absolute atomic E-state index is 12.0. The van der Waals surface area contributed by atoms with Gasteiger partial charge in [-0.15, -0.1) is 0 Å². The van der Waals surface area contributed by atoms with Crippen molar-refractivity contribution in [2.45, 2.75) is 13.2 Å². The maximum atomic E-state index is 12.0.